The van der Waals surface area contributed by atoms with Crippen molar-refractivity contribution < 1.29 is 32.2 Å². The summed E-state index contributed by atoms with van der Waals surface area (Å²) in [6, 6.07) is 23.3. The average Bonchev–Trinajstić information content (AvgIpc) is 3.04. The molecule has 0 aromatic heterocycles. The second kappa shape index (κ2) is 15.0. The predicted octanol–water partition coefficient (Wildman–Crippen LogP) is 5.59. The number of hydrogen-bond donors (Lipinski definition) is 2. The normalized spacial score (nSPS) is 11.0. The Morgan fingerprint density at radius 1 is 0.822 bits per heavy atom. The van der Waals surface area contributed by atoms with Gasteiger partial charge in [0.1, 0.15) is 12.3 Å². The minimum absolute atomic E-state index is 0.0298. The highest BCUT2D eigenvalue weighted by Gasteiger charge is 2.28. The fourth-order valence-electron chi connectivity index (χ4n) is 4.52. The second-order valence-electron chi connectivity index (χ2n) is 9.93. The van der Waals surface area contributed by atoms with Crippen LogP contribution in [0.5, 0.6) is 17.2 Å². The monoisotopic (exact) mass is 695 g/mol. The fourth-order valence-corrected chi connectivity index (χ4v) is 6.66. The van der Waals surface area contributed by atoms with Crippen molar-refractivity contribution in [1.29, 1.82) is 0 Å². The quantitative estimate of drug-likeness (QED) is 0.187. The molecule has 2 N–H and O–H groups in total. The number of anilines is 2. The first-order chi connectivity index (χ1) is 21.6. The first-order valence-electron chi connectivity index (χ1n) is 13.9. The summed E-state index contributed by atoms with van der Waals surface area (Å²) >= 11 is 3.34. The molecule has 0 aliphatic heterocycles. The van der Waals surface area contributed by atoms with Gasteiger partial charge in [0.15, 0.2) is 11.5 Å². The summed E-state index contributed by atoms with van der Waals surface area (Å²) in [5.41, 5.74) is 2.67. The number of aryl methyl sites for hydroxylation is 1. The number of methoxy groups -OCH3 is 3. The first-order valence-corrected chi connectivity index (χ1v) is 16.1. The molecule has 4 rings (SSSR count). The number of carbonyl (C=O) groups excluding carboxylic acids is 2. The molecule has 0 unspecified atom stereocenters. The van der Waals surface area contributed by atoms with Crippen molar-refractivity contribution in [3.63, 3.8) is 0 Å². The van der Waals surface area contributed by atoms with E-state index in [2.05, 4.69) is 26.6 Å². The van der Waals surface area contributed by atoms with Gasteiger partial charge in [-0.3, -0.25) is 13.9 Å². The number of ether oxygens (including phenoxy) is 3. The number of rotatable bonds is 13. The third-order valence-electron chi connectivity index (χ3n) is 6.91. The summed E-state index contributed by atoms with van der Waals surface area (Å²) in [7, 11) is 0.415. The van der Waals surface area contributed by atoms with Crippen molar-refractivity contribution in [3.8, 4) is 17.2 Å². The molecule has 0 radical (unpaired) electrons. The van der Waals surface area contributed by atoms with Crippen LogP contribution in [0.15, 0.2) is 94.3 Å². The van der Waals surface area contributed by atoms with Gasteiger partial charge in [-0.25, -0.2) is 8.42 Å². The molecule has 0 bridgehead atoms. The lowest BCUT2D eigenvalue weighted by Crippen LogP contribution is -2.38. The zero-order chi connectivity index (χ0) is 32.6. The Morgan fingerprint density at radius 3 is 2.16 bits per heavy atom. The number of para-hydroxylation sites is 1. The van der Waals surface area contributed by atoms with Crippen LogP contribution in [0.3, 0.4) is 0 Å². The van der Waals surface area contributed by atoms with Crippen LogP contribution in [0.25, 0.3) is 0 Å². The highest BCUT2D eigenvalue weighted by Crippen LogP contribution is 2.31. The standard InChI is InChI=1S/C33H34BrN3O7S/c1-22-9-12-24(13-10-22)37(45(40,41)25-14-16-29(42-2)27(34)20-25)21-32(38)36-28-8-6-5-7-26(28)33(39)35-18-17-23-11-15-30(43-3)31(19-23)44-4/h5-16,19-20H,17-18,21H2,1-4H3,(H,35,39)(H,36,38). The molecule has 45 heavy (non-hydrogen) atoms. The minimum atomic E-state index is -4.19. The molecule has 4 aromatic carbocycles. The number of carbonyl (C=O) groups is 2. The topological polar surface area (TPSA) is 123 Å². The van der Waals surface area contributed by atoms with Crippen LogP contribution < -0.4 is 29.1 Å². The van der Waals surface area contributed by atoms with E-state index in [9.17, 15) is 18.0 Å². The van der Waals surface area contributed by atoms with Crippen molar-refractivity contribution in [2.75, 3.05) is 44.0 Å². The first kappa shape index (κ1) is 33.3. The van der Waals surface area contributed by atoms with E-state index in [4.69, 9.17) is 14.2 Å². The molecule has 2 amide bonds. The average molecular weight is 697 g/mol. The highest BCUT2D eigenvalue weighted by atomic mass is 79.9. The lowest BCUT2D eigenvalue weighted by molar-refractivity contribution is -0.114. The predicted molar refractivity (Wildman–Crippen MR) is 177 cm³/mol. The van der Waals surface area contributed by atoms with E-state index >= 15 is 0 Å². The SMILES string of the molecule is COc1ccc(S(=O)(=O)N(CC(=O)Nc2ccccc2C(=O)NCCc2ccc(OC)c(OC)c2)c2ccc(C)cc2)cc1Br. The van der Waals surface area contributed by atoms with Crippen LogP contribution >= 0.6 is 15.9 Å². The van der Waals surface area contributed by atoms with E-state index in [1.54, 1.807) is 68.8 Å². The molecule has 0 spiro atoms. The third-order valence-corrected chi connectivity index (χ3v) is 9.30. The van der Waals surface area contributed by atoms with Gasteiger partial charge in [-0.15, -0.1) is 0 Å². The zero-order valence-corrected chi connectivity index (χ0v) is 27.7. The molecular formula is C33H34BrN3O7S. The van der Waals surface area contributed by atoms with Gasteiger partial charge in [0.05, 0.1) is 47.6 Å². The fraction of sp³-hybridized carbons (Fsp3) is 0.212. The molecule has 0 heterocycles. The van der Waals surface area contributed by atoms with Gasteiger partial charge in [0.25, 0.3) is 15.9 Å². The molecule has 0 atom stereocenters. The number of amides is 2. The molecule has 0 aliphatic rings. The number of halogens is 1. The van der Waals surface area contributed by atoms with Crippen LogP contribution in [0.1, 0.15) is 21.5 Å². The maximum atomic E-state index is 13.8. The Kier molecular flexibility index (Phi) is 11.1. The Bertz CT molecular complexity index is 1780. The molecule has 0 saturated carbocycles. The van der Waals surface area contributed by atoms with Crippen molar-refractivity contribution in [2.24, 2.45) is 0 Å². The summed E-state index contributed by atoms with van der Waals surface area (Å²) in [5.74, 6) is 0.651. The van der Waals surface area contributed by atoms with E-state index in [1.165, 1.54) is 25.3 Å². The maximum absolute atomic E-state index is 13.8. The number of benzene rings is 4. The van der Waals surface area contributed by atoms with Crippen molar-refractivity contribution in [2.45, 2.75) is 18.2 Å². The van der Waals surface area contributed by atoms with Crippen LogP contribution in [0, 0.1) is 6.92 Å². The Balaban J connectivity index is 1.51. The smallest absolute Gasteiger partial charge is 0.264 e. The van der Waals surface area contributed by atoms with E-state index in [0.717, 1.165) is 15.4 Å². The van der Waals surface area contributed by atoms with Crippen molar-refractivity contribution in [1.82, 2.24) is 5.32 Å². The van der Waals surface area contributed by atoms with Gasteiger partial charge < -0.3 is 24.8 Å². The van der Waals surface area contributed by atoms with Gasteiger partial charge in [-0.1, -0.05) is 35.9 Å². The minimum Gasteiger partial charge on any atom is -0.496 e. The third kappa shape index (κ3) is 8.14. The molecule has 12 heteroatoms. The number of nitrogens with one attached hydrogen (secondary N) is 2. The lowest BCUT2D eigenvalue weighted by Gasteiger charge is -2.25. The zero-order valence-electron chi connectivity index (χ0n) is 25.3. The second-order valence-corrected chi connectivity index (χ2v) is 12.6. The van der Waals surface area contributed by atoms with Crippen LogP contribution in [0.4, 0.5) is 11.4 Å². The van der Waals surface area contributed by atoms with Crippen LogP contribution in [-0.2, 0) is 21.2 Å². The van der Waals surface area contributed by atoms with Gasteiger partial charge in [0.2, 0.25) is 5.91 Å². The Hall–Kier alpha value is -4.55. The van der Waals surface area contributed by atoms with Gasteiger partial charge in [-0.2, -0.15) is 0 Å². The van der Waals surface area contributed by atoms with E-state index < -0.39 is 28.4 Å². The highest BCUT2D eigenvalue weighted by molar-refractivity contribution is 9.10. The van der Waals surface area contributed by atoms with Crippen LogP contribution in [-0.4, -0.2) is 54.7 Å². The summed E-state index contributed by atoms with van der Waals surface area (Å²) in [5, 5.41) is 5.60. The Morgan fingerprint density at radius 2 is 1.49 bits per heavy atom. The van der Waals surface area contributed by atoms with E-state index in [0.29, 0.717) is 40.4 Å². The number of sulfonamides is 1. The van der Waals surface area contributed by atoms with Gasteiger partial charge in [0, 0.05) is 6.54 Å². The molecule has 4 aromatic rings. The summed E-state index contributed by atoms with van der Waals surface area (Å²) in [6.45, 7) is 1.67. The number of nitrogens with zero attached hydrogens (tertiary/aromatic N) is 1. The van der Waals surface area contributed by atoms with E-state index in [1.807, 2.05) is 19.1 Å². The lowest BCUT2D eigenvalue weighted by atomic mass is 10.1. The summed E-state index contributed by atoms with van der Waals surface area (Å²) in [6.07, 6.45) is 0.533. The van der Waals surface area contributed by atoms with Gasteiger partial charge >= 0.3 is 0 Å². The molecule has 0 fully saturated rings. The Labute approximate surface area is 271 Å². The number of hydrogen-bond acceptors (Lipinski definition) is 7. The molecule has 10 nitrogen and oxygen atoms in total. The molecular weight excluding hydrogens is 662 g/mol. The largest absolute Gasteiger partial charge is 0.496 e. The van der Waals surface area contributed by atoms with Crippen LogP contribution in [0.2, 0.25) is 0 Å². The maximum Gasteiger partial charge on any atom is 0.264 e. The van der Waals surface area contributed by atoms with Crippen molar-refractivity contribution >= 4 is 49.1 Å². The molecule has 236 valence electrons. The van der Waals surface area contributed by atoms with Crippen molar-refractivity contribution in [3.05, 3.63) is 106 Å². The van der Waals surface area contributed by atoms with E-state index in [-0.39, 0.29) is 16.1 Å². The summed E-state index contributed by atoms with van der Waals surface area (Å²) in [4.78, 5) is 26.5. The molecule has 0 aliphatic carbocycles. The molecule has 0 saturated heterocycles. The van der Waals surface area contributed by atoms with Gasteiger partial charge in [-0.05, 0) is 89.4 Å². The summed E-state index contributed by atoms with van der Waals surface area (Å²) < 4.78 is 45.0.